The van der Waals surface area contributed by atoms with Crippen molar-refractivity contribution in [3.05, 3.63) is 54.1 Å². The van der Waals surface area contributed by atoms with E-state index in [2.05, 4.69) is 5.32 Å². The van der Waals surface area contributed by atoms with E-state index in [1.165, 1.54) is 37.3 Å². The van der Waals surface area contributed by atoms with E-state index in [0.717, 1.165) is 0 Å². The first kappa shape index (κ1) is 21.4. The smallest absolute Gasteiger partial charge is 0.344 e. The number of carbonyl (C=O) groups is 3. The fraction of sp³-hybridized carbons (Fsp3) is 0.211. The van der Waals surface area contributed by atoms with Gasteiger partial charge in [0.15, 0.2) is 19.0 Å². The number of ketones is 1. The van der Waals surface area contributed by atoms with Crippen molar-refractivity contribution < 1.29 is 32.6 Å². The van der Waals surface area contributed by atoms with E-state index in [9.17, 15) is 23.2 Å². The SMILES string of the molecule is CC(=O)c1cccc(OCC(=O)OCC(=O)Nc2ccc(SC(F)F)cc2)c1. The number of halogens is 2. The van der Waals surface area contributed by atoms with Gasteiger partial charge in [-0.1, -0.05) is 23.9 Å². The molecule has 2 rings (SSSR count). The van der Waals surface area contributed by atoms with Gasteiger partial charge >= 0.3 is 5.97 Å². The Morgan fingerprint density at radius 3 is 2.43 bits per heavy atom. The van der Waals surface area contributed by atoms with Crippen LogP contribution in [-0.2, 0) is 14.3 Å². The number of rotatable bonds is 9. The molecule has 0 unspecified atom stereocenters. The molecule has 1 amide bonds. The number of thioether (sulfide) groups is 1. The summed E-state index contributed by atoms with van der Waals surface area (Å²) in [5, 5.41) is 2.48. The maximum atomic E-state index is 12.3. The molecule has 0 atom stereocenters. The Balaban J connectivity index is 1.74. The molecule has 0 aliphatic heterocycles. The van der Waals surface area contributed by atoms with Crippen molar-refractivity contribution >= 4 is 35.1 Å². The Morgan fingerprint density at radius 1 is 1.07 bits per heavy atom. The third-order valence-corrected chi connectivity index (χ3v) is 4.05. The highest BCUT2D eigenvalue weighted by molar-refractivity contribution is 7.99. The third kappa shape index (κ3) is 7.36. The summed E-state index contributed by atoms with van der Waals surface area (Å²) in [4.78, 5) is 35.1. The van der Waals surface area contributed by atoms with Crippen LogP contribution in [0.15, 0.2) is 53.4 Å². The lowest BCUT2D eigenvalue weighted by Gasteiger charge is -2.09. The van der Waals surface area contributed by atoms with E-state index in [-0.39, 0.29) is 5.78 Å². The Kier molecular flexibility index (Phi) is 7.94. The van der Waals surface area contributed by atoms with Gasteiger partial charge in [-0.25, -0.2) is 4.79 Å². The summed E-state index contributed by atoms with van der Waals surface area (Å²) in [6, 6.07) is 12.2. The second-order valence-corrected chi connectivity index (χ2v) is 6.55. The van der Waals surface area contributed by atoms with Crippen LogP contribution in [-0.4, -0.2) is 36.6 Å². The van der Waals surface area contributed by atoms with Crippen molar-refractivity contribution in [2.75, 3.05) is 18.5 Å². The molecule has 2 aromatic carbocycles. The number of anilines is 1. The Labute approximate surface area is 164 Å². The molecule has 9 heteroatoms. The van der Waals surface area contributed by atoms with Gasteiger partial charge in [0.1, 0.15) is 5.75 Å². The number of carbonyl (C=O) groups excluding carboxylic acids is 3. The van der Waals surface area contributed by atoms with Crippen molar-refractivity contribution in [3.63, 3.8) is 0 Å². The number of hydrogen-bond donors (Lipinski definition) is 1. The Hall–Kier alpha value is -2.94. The fourth-order valence-corrected chi connectivity index (χ4v) is 2.55. The first-order valence-corrected chi connectivity index (χ1v) is 8.95. The van der Waals surface area contributed by atoms with Gasteiger partial charge in [-0.15, -0.1) is 0 Å². The number of alkyl halides is 2. The molecule has 148 valence electrons. The van der Waals surface area contributed by atoms with E-state index in [4.69, 9.17) is 9.47 Å². The van der Waals surface area contributed by atoms with Gasteiger partial charge in [-0.3, -0.25) is 9.59 Å². The lowest BCUT2D eigenvalue weighted by Crippen LogP contribution is -2.23. The van der Waals surface area contributed by atoms with Crippen molar-refractivity contribution in [2.24, 2.45) is 0 Å². The summed E-state index contributed by atoms with van der Waals surface area (Å²) < 4.78 is 34.5. The van der Waals surface area contributed by atoms with Crippen molar-refractivity contribution in [1.82, 2.24) is 0 Å². The number of ether oxygens (including phenoxy) is 2. The van der Waals surface area contributed by atoms with E-state index in [1.807, 2.05) is 0 Å². The summed E-state index contributed by atoms with van der Waals surface area (Å²) in [5.41, 5.74) is 0.833. The van der Waals surface area contributed by atoms with E-state index in [0.29, 0.717) is 33.7 Å². The zero-order valence-electron chi connectivity index (χ0n) is 14.8. The fourth-order valence-electron chi connectivity index (χ4n) is 2.05. The van der Waals surface area contributed by atoms with E-state index in [1.54, 1.807) is 18.2 Å². The minimum atomic E-state index is -2.52. The molecule has 0 spiro atoms. The normalized spacial score (nSPS) is 10.4. The number of hydrogen-bond acceptors (Lipinski definition) is 6. The predicted octanol–water partition coefficient (Wildman–Crippen LogP) is 3.76. The van der Waals surface area contributed by atoms with Gasteiger partial charge in [0, 0.05) is 16.1 Å². The number of amides is 1. The van der Waals surface area contributed by atoms with Gasteiger partial charge < -0.3 is 14.8 Å². The maximum Gasteiger partial charge on any atom is 0.344 e. The van der Waals surface area contributed by atoms with Crippen LogP contribution in [0.1, 0.15) is 17.3 Å². The summed E-state index contributed by atoms with van der Waals surface area (Å²) in [5.74, 6) is -3.67. The molecule has 6 nitrogen and oxygen atoms in total. The molecule has 28 heavy (non-hydrogen) atoms. The predicted molar refractivity (Wildman–Crippen MR) is 99.8 cm³/mol. The van der Waals surface area contributed by atoms with Crippen LogP contribution in [0.2, 0.25) is 0 Å². The average molecular weight is 409 g/mol. The molecule has 0 aromatic heterocycles. The van der Waals surface area contributed by atoms with Crippen LogP contribution in [0.3, 0.4) is 0 Å². The molecule has 0 radical (unpaired) electrons. The zero-order chi connectivity index (χ0) is 20.5. The number of esters is 1. The minimum absolute atomic E-state index is 0.134. The zero-order valence-corrected chi connectivity index (χ0v) is 15.6. The molecule has 0 saturated heterocycles. The highest BCUT2D eigenvalue weighted by atomic mass is 32.2. The third-order valence-electron chi connectivity index (χ3n) is 3.32. The quantitative estimate of drug-likeness (QED) is 0.386. The second-order valence-electron chi connectivity index (χ2n) is 5.48. The number of Topliss-reactive ketones (excluding diaryl/α,β-unsaturated/α-hetero) is 1. The van der Waals surface area contributed by atoms with Crippen LogP contribution >= 0.6 is 11.8 Å². The van der Waals surface area contributed by atoms with Gasteiger partial charge in [-0.05, 0) is 43.3 Å². The number of benzene rings is 2. The lowest BCUT2D eigenvalue weighted by atomic mass is 10.1. The monoisotopic (exact) mass is 409 g/mol. The van der Waals surface area contributed by atoms with Crippen LogP contribution in [0, 0.1) is 0 Å². The highest BCUT2D eigenvalue weighted by Crippen LogP contribution is 2.26. The van der Waals surface area contributed by atoms with Crippen LogP contribution in [0.5, 0.6) is 5.75 Å². The molecule has 0 aliphatic rings. The van der Waals surface area contributed by atoms with Gasteiger partial charge in [-0.2, -0.15) is 8.78 Å². The maximum absolute atomic E-state index is 12.3. The minimum Gasteiger partial charge on any atom is -0.482 e. The molecule has 2 aromatic rings. The first-order chi connectivity index (χ1) is 13.3. The summed E-state index contributed by atoms with van der Waals surface area (Å²) >= 11 is 0.398. The van der Waals surface area contributed by atoms with Crippen molar-refractivity contribution in [1.29, 1.82) is 0 Å². The molecular weight excluding hydrogens is 392 g/mol. The molecule has 0 heterocycles. The summed E-state index contributed by atoms with van der Waals surface area (Å²) in [6.07, 6.45) is 0. The van der Waals surface area contributed by atoms with Crippen molar-refractivity contribution in [2.45, 2.75) is 17.6 Å². The van der Waals surface area contributed by atoms with Crippen LogP contribution in [0.25, 0.3) is 0 Å². The summed E-state index contributed by atoms with van der Waals surface area (Å²) in [7, 11) is 0. The molecule has 0 aliphatic carbocycles. The lowest BCUT2D eigenvalue weighted by molar-refractivity contribution is -0.149. The molecule has 1 N–H and O–H groups in total. The Morgan fingerprint density at radius 2 is 1.79 bits per heavy atom. The van der Waals surface area contributed by atoms with Crippen LogP contribution < -0.4 is 10.1 Å². The standard InChI is InChI=1S/C19H17F2NO5S/c1-12(23)13-3-2-4-15(9-13)26-11-18(25)27-10-17(24)22-14-5-7-16(8-6-14)28-19(20)21/h2-9,19H,10-11H2,1H3,(H,22,24). The largest absolute Gasteiger partial charge is 0.482 e. The van der Waals surface area contributed by atoms with Crippen molar-refractivity contribution in [3.8, 4) is 5.75 Å². The highest BCUT2D eigenvalue weighted by Gasteiger charge is 2.10. The van der Waals surface area contributed by atoms with Crippen LogP contribution in [0.4, 0.5) is 14.5 Å². The van der Waals surface area contributed by atoms with Gasteiger partial charge in [0.2, 0.25) is 0 Å². The summed E-state index contributed by atoms with van der Waals surface area (Å²) in [6.45, 7) is 0.467. The van der Waals surface area contributed by atoms with Gasteiger partial charge in [0.25, 0.3) is 11.7 Å². The second kappa shape index (κ2) is 10.4. The Bertz CT molecular complexity index is 842. The van der Waals surface area contributed by atoms with E-state index < -0.39 is 30.8 Å². The van der Waals surface area contributed by atoms with Gasteiger partial charge in [0.05, 0.1) is 0 Å². The molecule has 0 fully saturated rings. The number of nitrogens with one attached hydrogen (secondary N) is 1. The van der Waals surface area contributed by atoms with E-state index >= 15 is 0 Å². The molecule has 0 bridgehead atoms. The first-order valence-electron chi connectivity index (χ1n) is 8.07. The topological polar surface area (TPSA) is 81.7 Å². The molecular formula is C19H17F2NO5S. The molecule has 0 saturated carbocycles. The average Bonchev–Trinajstić information content (AvgIpc) is 2.66.